The van der Waals surface area contributed by atoms with Gasteiger partial charge in [0.15, 0.2) is 5.96 Å². The summed E-state index contributed by atoms with van der Waals surface area (Å²) in [6.45, 7) is 7.55. The fourth-order valence-electron chi connectivity index (χ4n) is 2.59. The number of likely N-dealkylation sites (tertiary alicyclic amines) is 1. The summed E-state index contributed by atoms with van der Waals surface area (Å²) in [6, 6.07) is 2.01. The standard InChI is InChI=1S/C15H28N6.HI/c1-13-5-9-21(10-6-13)11-8-17-15(16-2)18-12-14-4-7-19-20(14)3;/h4,7,13H,5-6,8-12H2,1-3H3,(H2,16,17,18);1H. The second-order valence-electron chi connectivity index (χ2n) is 5.82. The summed E-state index contributed by atoms with van der Waals surface area (Å²) in [4.78, 5) is 6.79. The molecule has 0 aliphatic carbocycles. The van der Waals surface area contributed by atoms with E-state index >= 15 is 0 Å². The van der Waals surface area contributed by atoms with Gasteiger partial charge in [0, 0.05) is 33.4 Å². The van der Waals surface area contributed by atoms with Crippen LogP contribution in [0.25, 0.3) is 0 Å². The van der Waals surface area contributed by atoms with Gasteiger partial charge in [-0.2, -0.15) is 5.10 Å². The third kappa shape index (κ3) is 6.12. The number of aromatic nitrogens is 2. The summed E-state index contributed by atoms with van der Waals surface area (Å²) in [5.74, 6) is 1.74. The van der Waals surface area contributed by atoms with E-state index in [1.54, 1.807) is 7.05 Å². The molecule has 1 aliphatic rings. The minimum absolute atomic E-state index is 0. The lowest BCUT2D eigenvalue weighted by Crippen LogP contribution is -2.43. The Morgan fingerprint density at radius 3 is 2.68 bits per heavy atom. The van der Waals surface area contributed by atoms with Crippen LogP contribution in [0.2, 0.25) is 0 Å². The molecule has 0 aromatic carbocycles. The summed E-state index contributed by atoms with van der Waals surface area (Å²) in [6.07, 6.45) is 4.46. The van der Waals surface area contributed by atoms with Gasteiger partial charge in [0.25, 0.3) is 0 Å². The van der Waals surface area contributed by atoms with Crippen LogP contribution in [0.1, 0.15) is 25.5 Å². The average Bonchev–Trinajstić information content (AvgIpc) is 2.90. The summed E-state index contributed by atoms with van der Waals surface area (Å²) >= 11 is 0. The first-order valence-electron chi connectivity index (χ1n) is 7.83. The van der Waals surface area contributed by atoms with Gasteiger partial charge in [0.1, 0.15) is 0 Å². The SMILES string of the molecule is CN=C(NCCN1CCC(C)CC1)NCc1ccnn1C.I. The number of rotatable bonds is 5. The highest BCUT2D eigenvalue weighted by atomic mass is 127. The van der Waals surface area contributed by atoms with E-state index < -0.39 is 0 Å². The number of hydrogen-bond acceptors (Lipinski definition) is 3. The maximum Gasteiger partial charge on any atom is 0.191 e. The van der Waals surface area contributed by atoms with Crippen molar-refractivity contribution in [3.8, 4) is 0 Å². The van der Waals surface area contributed by atoms with E-state index in [0.29, 0.717) is 0 Å². The highest BCUT2D eigenvalue weighted by Gasteiger charge is 2.14. The molecule has 0 spiro atoms. The molecule has 0 amide bonds. The third-order valence-corrected chi connectivity index (χ3v) is 4.18. The Hall–Kier alpha value is -0.830. The molecule has 1 aromatic rings. The number of aryl methyl sites for hydroxylation is 1. The van der Waals surface area contributed by atoms with Crippen molar-refractivity contribution in [1.29, 1.82) is 0 Å². The van der Waals surface area contributed by atoms with E-state index in [1.807, 2.05) is 24.0 Å². The van der Waals surface area contributed by atoms with Crippen molar-refractivity contribution >= 4 is 29.9 Å². The van der Waals surface area contributed by atoms with Crippen LogP contribution in [0.5, 0.6) is 0 Å². The minimum atomic E-state index is 0. The van der Waals surface area contributed by atoms with Gasteiger partial charge in [-0.25, -0.2) is 0 Å². The molecule has 22 heavy (non-hydrogen) atoms. The van der Waals surface area contributed by atoms with Crippen LogP contribution in [0.15, 0.2) is 17.3 Å². The van der Waals surface area contributed by atoms with Crippen LogP contribution >= 0.6 is 24.0 Å². The van der Waals surface area contributed by atoms with Crippen LogP contribution in [-0.4, -0.2) is 53.9 Å². The number of piperidine rings is 1. The van der Waals surface area contributed by atoms with Gasteiger partial charge in [-0.3, -0.25) is 9.67 Å². The van der Waals surface area contributed by atoms with Gasteiger partial charge >= 0.3 is 0 Å². The first-order chi connectivity index (χ1) is 10.2. The van der Waals surface area contributed by atoms with Crippen molar-refractivity contribution in [1.82, 2.24) is 25.3 Å². The van der Waals surface area contributed by atoms with E-state index in [9.17, 15) is 0 Å². The maximum absolute atomic E-state index is 4.26. The first-order valence-corrected chi connectivity index (χ1v) is 7.83. The van der Waals surface area contributed by atoms with Crippen molar-refractivity contribution in [2.75, 3.05) is 33.2 Å². The molecular weight excluding hydrogens is 391 g/mol. The van der Waals surface area contributed by atoms with Crippen molar-refractivity contribution in [2.45, 2.75) is 26.3 Å². The molecule has 1 aliphatic heterocycles. The number of nitrogens with one attached hydrogen (secondary N) is 2. The zero-order valence-electron chi connectivity index (χ0n) is 13.9. The molecule has 0 bridgehead atoms. The Morgan fingerprint density at radius 2 is 2.09 bits per heavy atom. The van der Waals surface area contributed by atoms with E-state index in [0.717, 1.165) is 37.2 Å². The molecule has 6 nitrogen and oxygen atoms in total. The Kier molecular flexibility index (Phi) is 8.77. The summed E-state index contributed by atoms with van der Waals surface area (Å²) in [7, 11) is 3.76. The van der Waals surface area contributed by atoms with Gasteiger partial charge in [-0.15, -0.1) is 24.0 Å². The first kappa shape index (κ1) is 19.2. The summed E-state index contributed by atoms with van der Waals surface area (Å²) in [5, 5.41) is 10.9. The predicted octanol–water partition coefficient (Wildman–Crippen LogP) is 1.43. The molecule has 7 heteroatoms. The monoisotopic (exact) mass is 420 g/mol. The lowest BCUT2D eigenvalue weighted by molar-refractivity contribution is 0.195. The van der Waals surface area contributed by atoms with Crippen LogP contribution in [0, 0.1) is 5.92 Å². The van der Waals surface area contributed by atoms with Gasteiger partial charge in [0.2, 0.25) is 0 Å². The molecule has 126 valence electrons. The zero-order valence-corrected chi connectivity index (χ0v) is 16.2. The van der Waals surface area contributed by atoms with Crippen molar-refractivity contribution in [3.05, 3.63) is 18.0 Å². The third-order valence-electron chi connectivity index (χ3n) is 4.18. The molecule has 2 heterocycles. The highest BCUT2D eigenvalue weighted by Crippen LogP contribution is 2.14. The smallest absolute Gasteiger partial charge is 0.191 e. The van der Waals surface area contributed by atoms with E-state index in [1.165, 1.54) is 25.9 Å². The highest BCUT2D eigenvalue weighted by molar-refractivity contribution is 14.0. The number of hydrogen-bond donors (Lipinski definition) is 2. The Balaban J connectivity index is 0.00000242. The van der Waals surface area contributed by atoms with Gasteiger partial charge in [0.05, 0.1) is 12.2 Å². The normalized spacial score (nSPS) is 17.1. The van der Waals surface area contributed by atoms with Gasteiger partial charge in [-0.1, -0.05) is 6.92 Å². The van der Waals surface area contributed by atoms with Crippen molar-refractivity contribution in [2.24, 2.45) is 18.0 Å². The topological polar surface area (TPSA) is 57.5 Å². The Morgan fingerprint density at radius 1 is 1.36 bits per heavy atom. The van der Waals surface area contributed by atoms with E-state index in [4.69, 9.17) is 0 Å². The lowest BCUT2D eigenvalue weighted by Gasteiger charge is -2.30. The quantitative estimate of drug-likeness (QED) is 0.430. The average molecular weight is 420 g/mol. The molecule has 0 atom stereocenters. The minimum Gasteiger partial charge on any atom is -0.355 e. The molecule has 2 rings (SSSR count). The van der Waals surface area contributed by atoms with E-state index in [2.05, 4.69) is 32.5 Å². The van der Waals surface area contributed by atoms with Crippen molar-refractivity contribution < 1.29 is 0 Å². The molecular formula is C15H29IN6. The van der Waals surface area contributed by atoms with Crippen LogP contribution in [-0.2, 0) is 13.6 Å². The van der Waals surface area contributed by atoms with Crippen LogP contribution in [0.3, 0.4) is 0 Å². The molecule has 0 saturated carbocycles. The van der Waals surface area contributed by atoms with Gasteiger partial charge in [-0.05, 0) is 37.9 Å². The molecule has 0 radical (unpaired) electrons. The predicted molar refractivity (Wildman–Crippen MR) is 102 cm³/mol. The Bertz CT molecular complexity index is 451. The fourth-order valence-corrected chi connectivity index (χ4v) is 2.59. The number of nitrogens with zero attached hydrogens (tertiary/aromatic N) is 4. The van der Waals surface area contributed by atoms with Gasteiger partial charge < -0.3 is 15.5 Å². The fraction of sp³-hybridized carbons (Fsp3) is 0.733. The summed E-state index contributed by atoms with van der Waals surface area (Å²) < 4.78 is 1.87. The molecule has 1 aromatic heterocycles. The molecule has 2 N–H and O–H groups in total. The maximum atomic E-state index is 4.26. The second kappa shape index (κ2) is 10.0. The number of guanidine groups is 1. The summed E-state index contributed by atoms with van der Waals surface area (Å²) in [5.41, 5.74) is 1.14. The van der Waals surface area contributed by atoms with E-state index in [-0.39, 0.29) is 24.0 Å². The molecule has 0 unspecified atom stereocenters. The zero-order chi connectivity index (χ0) is 15.1. The van der Waals surface area contributed by atoms with Crippen LogP contribution < -0.4 is 10.6 Å². The lowest BCUT2D eigenvalue weighted by atomic mass is 9.99. The second-order valence-corrected chi connectivity index (χ2v) is 5.82. The number of aliphatic imine (C=N–C) groups is 1. The largest absolute Gasteiger partial charge is 0.355 e. The number of halogens is 1. The van der Waals surface area contributed by atoms with Crippen LogP contribution in [0.4, 0.5) is 0 Å². The molecule has 1 fully saturated rings. The Labute approximate surface area is 150 Å². The van der Waals surface area contributed by atoms with Crippen molar-refractivity contribution in [3.63, 3.8) is 0 Å². The molecule has 1 saturated heterocycles.